The number of hydrogen-bond donors (Lipinski definition) is 1. The summed E-state index contributed by atoms with van der Waals surface area (Å²) in [7, 11) is 0. The number of carbonyl (C=O) groups is 3. The fourth-order valence-electron chi connectivity index (χ4n) is 2.76. The molecule has 0 saturated carbocycles. The van der Waals surface area contributed by atoms with E-state index in [1.54, 1.807) is 20.8 Å². The van der Waals surface area contributed by atoms with Crippen molar-refractivity contribution in [3.8, 4) is 0 Å². The summed E-state index contributed by atoms with van der Waals surface area (Å²) in [6, 6.07) is -1.59. The van der Waals surface area contributed by atoms with Crippen LogP contribution in [0.2, 0.25) is 20.1 Å². The summed E-state index contributed by atoms with van der Waals surface area (Å²) in [5.74, 6) is -3.26. The van der Waals surface area contributed by atoms with E-state index in [-0.39, 0.29) is 31.2 Å². The van der Waals surface area contributed by atoms with Gasteiger partial charge in [0.1, 0.15) is 0 Å². The fraction of sp³-hybridized carbons (Fsp3) is 0.438. The third-order valence-corrected chi connectivity index (χ3v) is 5.45. The minimum absolute atomic E-state index is 0.189. The van der Waals surface area contributed by atoms with E-state index in [0.29, 0.717) is 4.90 Å². The normalized spacial score (nSPS) is 16.7. The zero-order valence-corrected chi connectivity index (χ0v) is 17.2. The predicted molar refractivity (Wildman–Crippen MR) is 98.7 cm³/mol. The second-order valence-electron chi connectivity index (χ2n) is 6.70. The summed E-state index contributed by atoms with van der Waals surface area (Å²) >= 11 is 24.0. The highest BCUT2D eigenvalue weighted by Crippen LogP contribution is 2.45. The SMILES string of the molecule is CC(OC(C)(C)C)C(C(=O)O)N1C(=O)c2c(Cl)c(Cl)c(Cl)c(Cl)c2C1=O. The number of benzene rings is 1. The summed E-state index contributed by atoms with van der Waals surface area (Å²) in [5, 5.41) is 8.72. The molecule has 1 aliphatic rings. The molecule has 1 aromatic carbocycles. The molecular formula is C16H15Cl4NO5. The van der Waals surface area contributed by atoms with Gasteiger partial charge in [0.05, 0.1) is 42.9 Å². The van der Waals surface area contributed by atoms with Crippen molar-refractivity contribution in [1.29, 1.82) is 0 Å². The second kappa shape index (κ2) is 7.17. The van der Waals surface area contributed by atoms with Crippen molar-refractivity contribution in [3.63, 3.8) is 0 Å². The Morgan fingerprint density at radius 1 is 0.962 bits per heavy atom. The van der Waals surface area contributed by atoms with Crippen molar-refractivity contribution < 1.29 is 24.2 Å². The number of imide groups is 1. The quantitative estimate of drug-likeness (QED) is 0.420. The van der Waals surface area contributed by atoms with E-state index in [9.17, 15) is 19.5 Å². The van der Waals surface area contributed by atoms with Crippen molar-refractivity contribution in [2.75, 3.05) is 0 Å². The molecule has 0 aromatic heterocycles. The lowest BCUT2D eigenvalue weighted by Crippen LogP contribution is -2.53. The largest absolute Gasteiger partial charge is 0.480 e. The van der Waals surface area contributed by atoms with Gasteiger partial charge in [0.2, 0.25) is 0 Å². The summed E-state index contributed by atoms with van der Waals surface area (Å²) < 4.78 is 5.63. The zero-order chi connectivity index (χ0) is 20.1. The topological polar surface area (TPSA) is 83.9 Å². The van der Waals surface area contributed by atoms with Gasteiger partial charge >= 0.3 is 5.97 Å². The van der Waals surface area contributed by atoms with Crippen LogP contribution < -0.4 is 0 Å². The lowest BCUT2D eigenvalue weighted by Gasteiger charge is -2.32. The van der Waals surface area contributed by atoms with Crippen molar-refractivity contribution >= 4 is 64.2 Å². The second-order valence-corrected chi connectivity index (χ2v) is 8.22. The first-order chi connectivity index (χ1) is 11.8. The Morgan fingerprint density at radius 3 is 1.65 bits per heavy atom. The van der Waals surface area contributed by atoms with Gasteiger partial charge in [0.15, 0.2) is 6.04 Å². The molecule has 26 heavy (non-hydrogen) atoms. The van der Waals surface area contributed by atoms with E-state index < -0.39 is 35.5 Å². The number of carboxylic acid groups (broad SMARTS) is 1. The Balaban J connectivity index is 2.59. The first-order valence-corrected chi connectivity index (χ1v) is 8.95. The molecule has 0 radical (unpaired) electrons. The van der Waals surface area contributed by atoms with Crippen molar-refractivity contribution in [2.45, 2.75) is 45.4 Å². The zero-order valence-electron chi connectivity index (χ0n) is 14.2. The van der Waals surface area contributed by atoms with Gasteiger partial charge in [-0.1, -0.05) is 46.4 Å². The molecule has 6 nitrogen and oxygen atoms in total. The van der Waals surface area contributed by atoms with Crippen molar-refractivity contribution in [1.82, 2.24) is 4.90 Å². The van der Waals surface area contributed by atoms with Crippen LogP contribution in [0.1, 0.15) is 48.4 Å². The third-order valence-electron chi connectivity index (χ3n) is 3.65. The average molecular weight is 443 g/mol. The van der Waals surface area contributed by atoms with Crippen molar-refractivity contribution in [2.24, 2.45) is 0 Å². The molecule has 1 N–H and O–H groups in total. The number of amides is 2. The number of fused-ring (bicyclic) bond motifs is 1. The monoisotopic (exact) mass is 441 g/mol. The summed E-state index contributed by atoms with van der Waals surface area (Å²) in [5.41, 5.74) is -1.25. The molecule has 142 valence electrons. The number of carbonyl (C=O) groups excluding carboxylic acids is 2. The lowest BCUT2D eigenvalue weighted by atomic mass is 10.1. The highest BCUT2D eigenvalue weighted by Gasteiger charge is 2.49. The molecule has 2 rings (SSSR count). The van der Waals surface area contributed by atoms with Crippen LogP contribution in [0.15, 0.2) is 0 Å². The highest BCUT2D eigenvalue weighted by molar-refractivity contribution is 6.55. The van der Waals surface area contributed by atoms with Crippen LogP contribution in [-0.2, 0) is 9.53 Å². The van der Waals surface area contributed by atoms with E-state index in [1.807, 2.05) is 0 Å². The van der Waals surface area contributed by atoms with Gasteiger partial charge in [0, 0.05) is 0 Å². The molecule has 1 aromatic rings. The Morgan fingerprint density at radius 2 is 1.35 bits per heavy atom. The fourth-order valence-corrected chi connectivity index (χ4v) is 3.78. The highest BCUT2D eigenvalue weighted by atomic mass is 35.5. The molecule has 0 bridgehead atoms. The number of rotatable bonds is 4. The lowest BCUT2D eigenvalue weighted by molar-refractivity contribution is -0.151. The Kier molecular flexibility index (Phi) is 5.86. The van der Waals surface area contributed by atoms with Crippen molar-refractivity contribution in [3.05, 3.63) is 31.2 Å². The molecule has 2 atom stereocenters. The Hall–Kier alpha value is -1.05. The molecule has 1 aliphatic heterocycles. The summed E-state index contributed by atoms with van der Waals surface area (Å²) in [6.45, 7) is 6.62. The molecular weight excluding hydrogens is 428 g/mol. The number of ether oxygens (including phenoxy) is 1. The molecule has 2 amide bonds. The maximum absolute atomic E-state index is 12.8. The molecule has 0 spiro atoms. The van der Waals surface area contributed by atoms with E-state index in [0.717, 1.165) is 0 Å². The Bertz CT molecular complexity index is 771. The van der Waals surface area contributed by atoms with Crippen LogP contribution >= 0.6 is 46.4 Å². The van der Waals surface area contributed by atoms with E-state index in [2.05, 4.69) is 0 Å². The predicted octanol–water partition coefficient (Wildman–Crippen LogP) is 4.55. The standard InChI is InChI=1S/C16H15Cl4NO5/c1-5(26-16(2,3)4)12(15(24)25)21-13(22)6-7(14(21)23)9(18)11(20)10(19)8(6)17/h5,12H,1-4H3,(H,24,25). The van der Waals surface area contributed by atoms with Gasteiger partial charge in [-0.2, -0.15) is 0 Å². The number of halogens is 4. The van der Waals surface area contributed by atoms with E-state index in [1.165, 1.54) is 6.92 Å². The molecule has 0 fully saturated rings. The van der Waals surface area contributed by atoms with E-state index >= 15 is 0 Å². The van der Waals surface area contributed by atoms with Crippen LogP contribution in [-0.4, -0.2) is 45.5 Å². The van der Waals surface area contributed by atoms with E-state index in [4.69, 9.17) is 51.1 Å². The van der Waals surface area contributed by atoms with Gasteiger partial charge in [-0.05, 0) is 27.7 Å². The third kappa shape index (κ3) is 3.53. The molecule has 0 aliphatic carbocycles. The maximum Gasteiger partial charge on any atom is 0.329 e. The van der Waals surface area contributed by atoms with Gasteiger partial charge in [0.25, 0.3) is 11.8 Å². The van der Waals surface area contributed by atoms with Crippen LogP contribution in [0.4, 0.5) is 0 Å². The number of carboxylic acids is 1. The van der Waals surface area contributed by atoms with Gasteiger partial charge in [-0.25, -0.2) is 4.79 Å². The Labute approximate surface area is 169 Å². The molecule has 0 saturated heterocycles. The van der Waals surface area contributed by atoms with Gasteiger partial charge in [-0.15, -0.1) is 0 Å². The average Bonchev–Trinajstić information content (AvgIpc) is 2.74. The smallest absolute Gasteiger partial charge is 0.329 e. The first-order valence-electron chi connectivity index (χ1n) is 7.44. The van der Waals surface area contributed by atoms with Gasteiger partial charge < -0.3 is 9.84 Å². The minimum Gasteiger partial charge on any atom is -0.480 e. The number of aliphatic carboxylic acids is 1. The summed E-state index contributed by atoms with van der Waals surface area (Å²) in [4.78, 5) is 38.0. The van der Waals surface area contributed by atoms with Gasteiger partial charge in [-0.3, -0.25) is 14.5 Å². The van der Waals surface area contributed by atoms with Crippen LogP contribution in [0.5, 0.6) is 0 Å². The summed E-state index contributed by atoms with van der Waals surface area (Å²) in [6.07, 6.45) is -1.00. The van der Waals surface area contributed by atoms with Crippen LogP contribution in [0, 0.1) is 0 Å². The molecule has 10 heteroatoms. The number of nitrogens with zero attached hydrogens (tertiary/aromatic N) is 1. The van der Waals surface area contributed by atoms with Crippen LogP contribution in [0.3, 0.4) is 0 Å². The van der Waals surface area contributed by atoms with Crippen LogP contribution in [0.25, 0.3) is 0 Å². The first kappa shape index (κ1) is 21.3. The number of hydrogen-bond acceptors (Lipinski definition) is 4. The maximum atomic E-state index is 12.8. The minimum atomic E-state index is -1.59. The molecule has 2 unspecified atom stereocenters. The molecule has 1 heterocycles.